The maximum Gasteiger partial charge on any atom is 0.435 e. The molecule has 96 valence electrons. The van der Waals surface area contributed by atoms with Crippen molar-refractivity contribution in [3.05, 3.63) is 23.8 Å². The van der Waals surface area contributed by atoms with Crippen LogP contribution >= 0.6 is 15.9 Å². The smallest absolute Gasteiger partial charge is 0.323 e. The number of pyridine rings is 1. The quantitative estimate of drug-likeness (QED) is 0.631. The fraction of sp³-hybridized carbons (Fsp3) is 0.300. The first-order valence-electron chi connectivity index (χ1n) is 4.84. The third kappa shape index (κ3) is 2.00. The Bertz CT molecular complexity index is 621. The molecule has 2 rings (SSSR count). The number of hydrogen-bond acceptors (Lipinski definition) is 3. The summed E-state index contributed by atoms with van der Waals surface area (Å²) in [6, 6.07) is 1.34. The van der Waals surface area contributed by atoms with E-state index < -0.39 is 11.9 Å². The molecule has 0 aliphatic rings. The zero-order chi connectivity index (χ0) is 13.5. The predicted molar refractivity (Wildman–Crippen MR) is 61.6 cm³/mol. The third-order valence-electron chi connectivity index (χ3n) is 2.42. The molecule has 4 nitrogen and oxygen atoms in total. The lowest BCUT2D eigenvalue weighted by molar-refractivity contribution is -0.140. The SMILES string of the molecule is Cn1c(C(=O)CBr)nc2ccnc(C(F)(F)F)c21. The molecule has 0 amide bonds. The summed E-state index contributed by atoms with van der Waals surface area (Å²) in [6.07, 6.45) is -3.55. The van der Waals surface area contributed by atoms with Gasteiger partial charge in [-0.1, -0.05) is 15.9 Å². The van der Waals surface area contributed by atoms with Gasteiger partial charge in [0.05, 0.1) is 16.4 Å². The molecule has 0 aliphatic heterocycles. The van der Waals surface area contributed by atoms with Crippen LogP contribution in [0.25, 0.3) is 11.0 Å². The number of imidazole rings is 1. The number of carbonyl (C=O) groups is 1. The minimum Gasteiger partial charge on any atom is -0.323 e. The van der Waals surface area contributed by atoms with Crippen LogP contribution in [0.2, 0.25) is 0 Å². The van der Waals surface area contributed by atoms with Crippen molar-refractivity contribution in [3.8, 4) is 0 Å². The van der Waals surface area contributed by atoms with E-state index in [1.165, 1.54) is 13.1 Å². The summed E-state index contributed by atoms with van der Waals surface area (Å²) in [5.74, 6) is -0.415. The van der Waals surface area contributed by atoms with Crippen molar-refractivity contribution in [1.29, 1.82) is 0 Å². The number of rotatable bonds is 2. The molecular weight excluding hydrogens is 315 g/mol. The van der Waals surface area contributed by atoms with Crippen molar-refractivity contribution < 1.29 is 18.0 Å². The van der Waals surface area contributed by atoms with E-state index in [1.54, 1.807) is 0 Å². The van der Waals surface area contributed by atoms with Gasteiger partial charge in [-0.15, -0.1) is 0 Å². The molecule has 18 heavy (non-hydrogen) atoms. The fourth-order valence-electron chi connectivity index (χ4n) is 1.68. The molecule has 2 heterocycles. The summed E-state index contributed by atoms with van der Waals surface area (Å²) in [6.45, 7) is 0. The van der Waals surface area contributed by atoms with Gasteiger partial charge in [-0.2, -0.15) is 13.2 Å². The predicted octanol–water partition coefficient (Wildman–Crippen LogP) is 2.56. The van der Waals surface area contributed by atoms with Crippen molar-refractivity contribution in [1.82, 2.24) is 14.5 Å². The van der Waals surface area contributed by atoms with E-state index in [4.69, 9.17) is 0 Å². The number of Topliss-reactive ketones (excluding diaryl/α,β-unsaturated/α-hetero) is 1. The molecule has 0 N–H and O–H groups in total. The third-order valence-corrected chi connectivity index (χ3v) is 2.93. The number of carbonyl (C=O) groups excluding carboxylic acids is 1. The second kappa shape index (κ2) is 4.34. The minimum atomic E-state index is -4.58. The molecule has 0 bridgehead atoms. The maximum atomic E-state index is 12.8. The number of hydrogen-bond donors (Lipinski definition) is 0. The topological polar surface area (TPSA) is 47.8 Å². The van der Waals surface area contributed by atoms with Crippen LogP contribution in [0.1, 0.15) is 16.3 Å². The largest absolute Gasteiger partial charge is 0.435 e. The number of halogens is 4. The highest BCUT2D eigenvalue weighted by molar-refractivity contribution is 9.09. The highest BCUT2D eigenvalue weighted by atomic mass is 79.9. The van der Waals surface area contributed by atoms with Crippen LogP contribution in [-0.4, -0.2) is 25.6 Å². The van der Waals surface area contributed by atoms with E-state index in [9.17, 15) is 18.0 Å². The van der Waals surface area contributed by atoms with Crippen molar-refractivity contribution >= 4 is 32.7 Å². The monoisotopic (exact) mass is 321 g/mol. The minimum absolute atomic E-state index is 0.00105. The molecule has 0 aromatic carbocycles. The number of aromatic nitrogens is 3. The molecule has 0 aliphatic carbocycles. The van der Waals surface area contributed by atoms with E-state index in [2.05, 4.69) is 25.9 Å². The van der Waals surface area contributed by atoms with Gasteiger partial charge in [0.1, 0.15) is 0 Å². The molecule has 0 radical (unpaired) electrons. The van der Waals surface area contributed by atoms with Gasteiger partial charge in [0.15, 0.2) is 11.5 Å². The zero-order valence-corrected chi connectivity index (χ0v) is 10.7. The van der Waals surface area contributed by atoms with Crippen LogP contribution in [0, 0.1) is 0 Å². The summed E-state index contributed by atoms with van der Waals surface area (Å²) in [4.78, 5) is 18.8. The van der Waals surface area contributed by atoms with E-state index in [1.807, 2.05) is 0 Å². The standard InChI is InChI=1S/C10H7BrF3N3O/c1-17-7-5(16-9(17)6(18)4-11)2-3-15-8(7)10(12,13)14/h2-3H,4H2,1H3. The van der Waals surface area contributed by atoms with Crippen molar-refractivity contribution in [2.24, 2.45) is 7.05 Å². The summed E-state index contributed by atoms with van der Waals surface area (Å²) >= 11 is 2.96. The fourth-order valence-corrected chi connectivity index (χ4v) is 1.93. The normalized spacial score (nSPS) is 12.1. The lowest BCUT2D eigenvalue weighted by atomic mass is 10.3. The molecule has 8 heteroatoms. The number of nitrogens with zero attached hydrogens (tertiary/aromatic N) is 3. The second-order valence-corrected chi connectivity index (χ2v) is 4.14. The Kier molecular flexibility index (Phi) is 3.14. The Labute approximate surface area is 108 Å². The summed E-state index contributed by atoms with van der Waals surface area (Å²) in [5, 5.41) is -0.00105. The van der Waals surface area contributed by atoms with Crippen LogP contribution < -0.4 is 0 Å². The van der Waals surface area contributed by atoms with E-state index in [-0.39, 0.29) is 28.0 Å². The maximum absolute atomic E-state index is 12.8. The number of aryl methyl sites for hydroxylation is 1. The van der Waals surface area contributed by atoms with Crippen LogP contribution in [0.4, 0.5) is 13.2 Å². The number of ketones is 1. The molecular formula is C10H7BrF3N3O. The van der Waals surface area contributed by atoms with Gasteiger partial charge in [-0.25, -0.2) is 9.97 Å². The first-order valence-corrected chi connectivity index (χ1v) is 5.96. The Hall–Kier alpha value is -1.44. The zero-order valence-electron chi connectivity index (χ0n) is 9.12. The first-order chi connectivity index (χ1) is 8.36. The van der Waals surface area contributed by atoms with E-state index in [0.29, 0.717) is 0 Å². The van der Waals surface area contributed by atoms with Crippen molar-refractivity contribution in [3.63, 3.8) is 0 Å². The molecule has 0 fully saturated rings. The number of alkyl halides is 4. The summed E-state index contributed by atoms with van der Waals surface area (Å²) in [7, 11) is 1.36. The van der Waals surface area contributed by atoms with Gasteiger partial charge < -0.3 is 4.57 Å². The Morgan fingerprint density at radius 1 is 1.50 bits per heavy atom. The van der Waals surface area contributed by atoms with Gasteiger partial charge in [-0.3, -0.25) is 4.79 Å². The highest BCUT2D eigenvalue weighted by Crippen LogP contribution is 2.33. The lowest BCUT2D eigenvalue weighted by Crippen LogP contribution is -2.12. The molecule has 0 saturated heterocycles. The molecule has 2 aromatic rings. The Balaban J connectivity index is 2.78. The summed E-state index contributed by atoms with van der Waals surface area (Å²) < 4.78 is 39.5. The van der Waals surface area contributed by atoms with Gasteiger partial charge in [-0.05, 0) is 6.07 Å². The molecule has 2 aromatic heterocycles. The number of fused-ring (bicyclic) bond motifs is 1. The van der Waals surface area contributed by atoms with Gasteiger partial charge in [0.25, 0.3) is 0 Å². The van der Waals surface area contributed by atoms with Gasteiger partial charge in [0, 0.05) is 13.2 Å². The average Bonchev–Trinajstić information content (AvgIpc) is 2.65. The van der Waals surface area contributed by atoms with Crippen molar-refractivity contribution in [2.45, 2.75) is 6.18 Å². The second-order valence-electron chi connectivity index (χ2n) is 3.58. The van der Waals surface area contributed by atoms with Crippen LogP contribution in [0.5, 0.6) is 0 Å². The Morgan fingerprint density at radius 3 is 2.72 bits per heavy atom. The molecule has 0 atom stereocenters. The molecule has 0 saturated carbocycles. The van der Waals surface area contributed by atoms with Crippen LogP contribution in [0.3, 0.4) is 0 Å². The Morgan fingerprint density at radius 2 is 2.17 bits per heavy atom. The molecule has 0 spiro atoms. The molecule has 0 unspecified atom stereocenters. The van der Waals surface area contributed by atoms with Crippen molar-refractivity contribution in [2.75, 3.05) is 5.33 Å². The van der Waals surface area contributed by atoms with Gasteiger partial charge >= 0.3 is 6.18 Å². The van der Waals surface area contributed by atoms with Crippen LogP contribution in [-0.2, 0) is 13.2 Å². The average molecular weight is 322 g/mol. The first kappa shape index (κ1) is 13.0. The highest BCUT2D eigenvalue weighted by Gasteiger charge is 2.36. The van der Waals surface area contributed by atoms with Crippen LogP contribution in [0.15, 0.2) is 12.3 Å². The van der Waals surface area contributed by atoms with E-state index in [0.717, 1.165) is 10.8 Å². The summed E-state index contributed by atoms with van der Waals surface area (Å²) in [5.41, 5.74) is -1.12. The van der Waals surface area contributed by atoms with E-state index >= 15 is 0 Å². The lowest BCUT2D eigenvalue weighted by Gasteiger charge is -2.08. The van der Waals surface area contributed by atoms with Gasteiger partial charge in [0.2, 0.25) is 5.78 Å².